The van der Waals surface area contributed by atoms with Crippen molar-refractivity contribution in [1.29, 1.82) is 0 Å². The predicted molar refractivity (Wildman–Crippen MR) is 112 cm³/mol. The number of piperazine rings is 1. The Morgan fingerprint density at radius 2 is 2.00 bits per heavy atom. The van der Waals surface area contributed by atoms with Crippen LogP contribution in [0.1, 0.15) is 33.1 Å². The molecular formula is C20H30N4O5S. The van der Waals surface area contributed by atoms with Crippen LogP contribution in [-0.2, 0) is 19.6 Å². The third-order valence-electron chi connectivity index (χ3n) is 5.47. The molecule has 2 amide bonds. The number of carbonyl (C=O) groups is 2. The van der Waals surface area contributed by atoms with Crippen LogP contribution in [0.3, 0.4) is 0 Å². The summed E-state index contributed by atoms with van der Waals surface area (Å²) in [6, 6.07) is 5.49. The van der Waals surface area contributed by atoms with Crippen molar-refractivity contribution in [2.24, 2.45) is 0 Å². The number of nitrogens with one attached hydrogen (secondary N) is 3. The minimum Gasteiger partial charge on any atom is -0.497 e. The maximum absolute atomic E-state index is 12.8. The fourth-order valence-corrected chi connectivity index (χ4v) is 5.30. The van der Waals surface area contributed by atoms with E-state index in [1.807, 2.05) is 18.7 Å². The molecular weight excluding hydrogens is 408 g/mol. The summed E-state index contributed by atoms with van der Waals surface area (Å²) in [5.74, 6) is 0.464. The summed E-state index contributed by atoms with van der Waals surface area (Å²) < 4.78 is 33.3. The average Bonchev–Trinajstić information content (AvgIpc) is 3.11. The van der Waals surface area contributed by atoms with Gasteiger partial charge in [0, 0.05) is 37.6 Å². The van der Waals surface area contributed by atoms with Crippen molar-refractivity contribution in [3.63, 3.8) is 0 Å². The Morgan fingerprint density at radius 3 is 2.63 bits per heavy atom. The van der Waals surface area contributed by atoms with E-state index in [-0.39, 0.29) is 40.9 Å². The highest BCUT2D eigenvalue weighted by Crippen LogP contribution is 2.27. The molecule has 3 unspecified atom stereocenters. The molecule has 2 aliphatic rings. The van der Waals surface area contributed by atoms with Gasteiger partial charge in [0.2, 0.25) is 21.8 Å². The lowest BCUT2D eigenvalue weighted by Crippen LogP contribution is -2.58. The molecule has 3 atom stereocenters. The quantitative estimate of drug-likeness (QED) is 0.535. The Labute approximate surface area is 177 Å². The number of methoxy groups -OCH3 is 1. The van der Waals surface area contributed by atoms with Gasteiger partial charge in [-0.15, -0.1) is 0 Å². The Bertz CT molecular complexity index is 872. The van der Waals surface area contributed by atoms with E-state index in [4.69, 9.17) is 4.74 Å². The van der Waals surface area contributed by atoms with Crippen molar-refractivity contribution in [2.45, 2.75) is 62.2 Å². The summed E-state index contributed by atoms with van der Waals surface area (Å²) in [6.07, 6.45) is 1.37. The average molecular weight is 439 g/mol. The fourth-order valence-electron chi connectivity index (χ4n) is 4.06. The zero-order valence-corrected chi connectivity index (χ0v) is 18.4. The summed E-state index contributed by atoms with van der Waals surface area (Å²) in [6.45, 7) is 4.72. The molecule has 0 aliphatic carbocycles. The lowest BCUT2D eigenvalue weighted by molar-refractivity contribution is -0.129. The summed E-state index contributed by atoms with van der Waals surface area (Å²) in [4.78, 5) is 26.5. The standard InChI is InChI=1S/C20H30N4O5S/c1-13(2)22-19(25)9-4-15-11-21-20(26)18-10-14(12-24(15)18)23-30(27,28)17-7-5-16(29-3)6-8-17/h5-8,13-15,18,23H,4,9-12H2,1-3H3,(H,21,26)(H,22,25). The van der Waals surface area contributed by atoms with Gasteiger partial charge in [0.1, 0.15) is 5.75 Å². The van der Waals surface area contributed by atoms with Crippen LogP contribution in [0.4, 0.5) is 0 Å². The van der Waals surface area contributed by atoms with Gasteiger partial charge in [-0.3, -0.25) is 14.5 Å². The molecule has 0 spiro atoms. The summed E-state index contributed by atoms with van der Waals surface area (Å²) >= 11 is 0. The van der Waals surface area contributed by atoms with Crippen molar-refractivity contribution in [1.82, 2.24) is 20.3 Å². The van der Waals surface area contributed by atoms with Crippen molar-refractivity contribution in [2.75, 3.05) is 20.2 Å². The Balaban J connectivity index is 1.63. The van der Waals surface area contributed by atoms with Gasteiger partial charge >= 0.3 is 0 Å². The first kappa shape index (κ1) is 22.5. The van der Waals surface area contributed by atoms with Crippen LogP contribution in [0.2, 0.25) is 0 Å². The van der Waals surface area contributed by atoms with E-state index in [1.54, 1.807) is 12.1 Å². The third-order valence-corrected chi connectivity index (χ3v) is 7.01. The van der Waals surface area contributed by atoms with E-state index in [1.165, 1.54) is 19.2 Å². The molecule has 2 aliphatic heterocycles. The van der Waals surface area contributed by atoms with E-state index in [0.29, 0.717) is 38.1 Å². The minimum absolute atomic E-state index is 0.00102. The van der Waals surface area contributed by atoms with Gasteiger partial charge in [0.05, 0.1) is 18.0 Å². The van der Waals surface area contributed by atoms with E-state index >= 15 is 0 Å². The lowest BCUT2D eigenvalue weighted by atomic mass is 10.0. The third kappa shape index (κ3) is 5.30. The number of benzene rings is 1. The first-order chi connectivity index (χ1) is 14.2. The highest BCUT2D eigenvalue weighted by Gasteiger charge is 2.44. The number of fused-ring (bicyclic) bond motifs is 1. The zero-order chi connectivity index (χ0) is 21.9. The molecule has 0 saturated carbocycles. The summed E-state index contributed by atoms with van der Waals surface area (Å²) in [5, 5.41) is 5.76. The van der Waals surface area contributed by atoms with Crippen LogP contribution in [0.5, 0.6) is 5.75 Å². The number of amides is 2. The SMILES string of the molecule is COc1ccc(S(=O)(=O)NC2CC3C(=O)NCC(CCC(=O)NC(C)C)N3C2)cc1. The molecule has 10 heteroatoms. The van der Waals surface area contributed by atoms with Gasteiger partial charge in [-0.1, -0.05) is 0 Å². The molecule has 0 aromatic heterocycles. The number of hydrogen-bond acceptors (Lipinski definition) is 6. The van der Waals surface area contributed by atoms with E-state index in [9.17, 15) is 18.0 Å². The second kappa shape index (κ2) is 9.32. The number of hydrogen-bond donors (Lipinski definition) is 3. The first-order valence-electron chi connectivity index (χ1n) is 10.2. The second-order valence-electron chi connectivity index (χ2n) is 8.10. The topological polar surface area (TPSA) is 117 Å². The highest BCUT2D eigenvalue weighted by molar-refractivity contribution is 7.89. The lowest BCUT2D eigenvalue weighted by Gasteiger charge is -2.37. The molecule has 2 heterocycles. The van der Waals surface area contributed by atoms with Crippen LogP contribution < -0.4 is 20.1 Å². The second-order valence-corrected chi connectivity index (χ2v) is 9.82. The van der Waals surface area contributed by atoms with Crippen LogP contribution in [0.15, 0.2) is 29.2 Å². The van der Waals surface area contributed by atoms with E-state index in [0.717, 1.165) is 0 Å². The number of ether oxygens (including phenoxy) is 1. The normalized spacial score (nSPS) is 24.4. The van der Waals surface area contributed by atoms with Gasteiger partial charge < -0.3 is 15.4 Å². The van der Waals surface area contributed by atoms with Crippen molar-refractivity contribution in [3.05, 3.63) is 24.3 Å². The van der Waals surface area contributed by atoms with Gasteiger partial charge in [-0.25, -0.2) is 13.1 Å². The van der Waals surface area contributed by atoms with Crippen LogP contribution >= 0.6 is 0 Å². The van der Waals surface area contributed by atoms with E-state index in [2.05, 4.69) is 15.4 Å². The first-order valence-corrected chi connectivity index (χ1v) is 11.7. The Morgan fingerprint density at radius 1 is 1.30 bits per heavy atom. The molecule has 2 saturated heterocycles. The molecule has 0 bridgehead atoms. The number of sulfonamides is 1. The van der Waals surface area contributed by atoms with Crippen LogP contribution in [0.25, 0.3) is 0 Å². The molecule has 3 N–H and O–H groups in total. The molecule has 1 aromatic rings. The maximum atomic E-state index is 12.8. The predicted octanol–water partition coefficient (Wildman–Crippen LogP) is 0.220. The minimum atomic E-state index is -3.71. The molecule has 2 fully saturated rings. The van der Waals surface area contributed by atoms with Gasteiger partial charge in [0.15, 0.2) is 0 Å². The van der Waals surface area contributed by atoms with E-state index < -0.39 is 10.0 Å². The number of rotatable bonds is 8. The molecule has 166 valence electrons. The number of nitrogens with zero attached hydrogens (tertiary/aromatic N) is 1. The largest absolute Gasteiger partial charge is 0.497 e. The van der Waals surface area contributed by atoms with Gasteiger partial charge in [0.25, 0.3) is 0 Å². The number of carbonyl (C=O) groups excluding carboxylic acids is 2. The maximum Gasteiger partial charge on any atom is 0.240 e. The fraction of sp³-hybridized carbons (Fsp3) is 0.600. The molecule has 1 aromatic carbocycles. The van der Waals surface area contributed by atoms with Crippen LogP contribution in [-0.4, -0.2) is 69.5 Å². The Kier molecular flexibility index (Phi) is 6.99. The summed E-state index contributed by atoms with van der Waals surface area (Å²) in [5.41, 5.74) is 0. The van der Waals surface area contributed by atoms with Crippen LogP contribution in [0, 0.1) is 0 Å². The smallest absolute Gasteiger partial charge is 0.240 e. The highest BCUT2D eigenvalue weighted by atomic mass is 32.2. The van der Waals surface area contributed by atoms with Gasteiger partial charge in [-0.2, -0.15) is 0 Å². The monoisotopic (exact) mass is 438 g/mol. The molecule has 30 heavy (non-hydrogen) atoms. The zero-order valence-electron chi connectivity index (χ0n) is 17.6. The molecule has 3 rings (SSSR count). The van der Waals surface area contributed by atoms with Crippen molar-refractivity contribution >= 4 is 21.8 Å². The van der Waals surface area contributed by atoms with Crippen molar-refractivity contribution < 1.29 is 22.7 Å². The molecule has 0 radical (unpaired) electrons. The Hall–Kier alpha value is -2.17. The van der Waals surface area contributed by atoms with Gasteiger partial charge in [-0.05, 0) is 51.0 Å². The van der Waals surface area contributed by atoms with Crippen molar-refractivity contribution in [3.8, 4) is 5.75 Å². The summed E-state index contributed by atoms with van der Waals surface area (Å²) in [7, 11) is -2.20. The molecule has 9 nitrogen and oxygen atoms in total.